The minimum absolute atomic E-state index is 0.147. The van der Waals surface area contributed by atoms with Crippen LogP contribution in [-0.4, -0.2) is 32.8 Å². The first kappa shape index (κ1) is 16.2. The zero-order valence-electron chi connectivity index (χ0n) is 12.6. The quantitative estimate of drug-likeness (QED) is 0.513. The number of ether oxygens (including phenoxy) is 1. The van der Waals surface area contributed by atoms with Crippen molar-refractivity contribution in [3.63, 3.8) is 0 Å². The molecule has 1 aliphatic rings. The van der Waals surface area contributed by atoms with E-state index >= 15 is 0 Å². The lowest BCUT2D eigenvalue weighted by Gasteiger charge is -2.15. The average molecular weight is 310 g/mol. The third-order valence-electron chi connectivity index (χ3n) is 3.42. The lowest BCUT2D eigenvalue weighted by Crippen LogP contribution is -2.29. The summed E-state index contributed by atoms with van der Waals surface area (Å²) in [6.07, 6.45) is 0.791. The van der Waals surface area contributed by atoms with Crippen molar-refractivity contribution in [2.24, 2.45) is 0 Å². The van der Waals surface area contributed by atoms with Gasteiger partial charge in [-0.25, -0.2) is 9.18 Å². The molecule has 0 amide bonds. The van der Waals surface area contributed by atoms with E-state index in [-0.39, 0.29) is 12.2 Å². The molecule has 0 spiro atoms. The number of rotatable bonds is 5. The molecule has 114 valence electrons. The molecule has 0 atom stereocenters. The second-order valence-corrected chi connectivity index (χ2v) is 12.1. The Kier molecular flexibility index (Phi) is 4.85. The molecule has 1 aliphatic heterocycles. The van der Waals surface area contributed by atoms with E-state index in [0.717, 1.165) is 12.5 Å². The summed E-state index contributed by atoms with van der Waals surface area (Å²) in [4.78, 5) is 11.9. The Morgan fingerprint density at radius 3 is 2.86 bits per heavy atom. The fraction of sp³-hybridized carbons (Fsp3) is 0.500. The van der Waals surface area contributed by atoms with Crippen molar-refractivity contribution in [3.05, 3.63) is 29.1 Å². The van der Waals surface area contributed by atoms with Gasteiger partial charge in [-0.15, -0.1) is 0 Å². The zero-order valence-corrected chi connectivity index (χ0v) is 13.6. The summed E-state index contributed by atoms with van der Waals surface area (Å²) >= 11 is 0. The molecule has 0 saturated heterocycles. The normalized spacial score (nSPS) is 14.2. The molecule has 1 N–H and O–H groups in total. The Bertz CT molecular complexity index is 545. The van der Waals surface area contributed by atoms with Crippen molar-refractivity contribution in [1.82, 2.24) is 0 Å². The van der Waals surface area contributed by atoms with Gasteiger partial charge in [0.1, 0.15) is 5.82 Å². The number of halogens is 1. The zero-order chi connectivity index (χ0) is 15.6. The summed E-state index contributed by atoms with van der Waals surface area (Å²) in [7, 11) is -2.26. The van der Waals surface area contributed by atoms with Crippen LogP contribution in [0.3, 0.4) is 0 Å². The molecule has 0 bridgehead atoms. The van der Waals surface area contributed by atoms with Gasteiger partial charge in [-0.2, -0.15) is 0 Å². The van der Waals surface area contributed by atoms with E-state index in [0.29, 0.717) is 17.6 Å². The van der Waals surface area contributed by atoms with E-state index in [2.05, 4.69) is 19.6 Å². The van der Waals surface area contributed by atoms with E-state index < -0.39 is 27.0 Å². The van der Waals surface area contributed by atoms with E-state index in [1.54, 1.807) is 0 Å². The first-order chi connectivity index (χ1) is 9.78. The number of carbonyl (C=O) groups is 1. The van der Waals surface area contributed by atoms with Gasteiger partial charge in [-0.1, -0.05) is 25.7 Å². The molecule has 2 rings (SSSR count). The summed E-state index contributed by atoms with van der Waals surface area (Å²) in [6.45, 7) is 7.18. The van der Waals surface area contributed by atoms with Crippen LogP contribution in [0.1, 0.15) is 22.3 Å². The van der Waals surface area contributed by atoms with Crippen molar-refractivity contribution in [2.45, 2.75) is 38.7 Å². The summed E-state index contributed by atoms with van der Waals surface area (Å²) in [5, 5.41) is 9.59. The number of esters is 1. The van der Waals surface area contributed by atoms with Gasteiger partial charge in [0.05, 0.1) is 18.8 Å². The summed E-state index contributed by atoms with van der Waals surface area (Å²) in [5.41, 5.74) is 0.854. The summed E-state index contributed by atoms with van der Waals surface area (Å²) < 4.78 is 24.0. The van der Waals surface area contributed by atoms with Crippen LogP contribution in [0.5, 0.6) is 0 Å². The topological polar surface area (TPSA) is 55.8 Å². The van der Waals surface area contributed by atoms with Crippen molar-refractivity contribution in [2.75, 3.05) is 6.61 Å². The number of hydrogen-bond donors (Lipinski definition) is 1. The number of hydrogen-bond acceptors (Lipinski definition) is 4. The van der Waals surface area contributed by atoms with Crippen molar-refractivity contribution < 1.29 is 23.6 Å². The maximum atomic E-state index is 13.9. The van der Waals surface area contributed by atoms with Crippen LogP contribution in [0, 0.1) is 5.82 Å². The van der Waals surface area contributed by atoms with Gasteiger partial charge in [-0.05, 0) is 29.6 Å². The third-order valence-corrected chi connectivity index (χ3v) is 5.27. The van der Waals surface area contributed by atoms with Crippen LogP contribution in [0.15, 0.2) is 12.1 Å². The standard InChI is InChI=1S/C14H20BFO4Si/c1-21(2,3)6-4-5-19-14(17)11-8-12-10(7-13(11)16)9-20-15(12)18/h7-8,18H,4-6,9H2,1-3H3. The predicted octanol–water partition coefficient (Wildman–Crippen LogP) is 1.93. The molecule has 0 unspecified atom stereocenters. The highest BCUT2D eigenvalue weighted by Crippen LogP contribution is 2.17. The fourth-order valence-electron chi connectivity index (χ4n) is 2.25. The van der Waals surface area contributed by atoms with Crippen molar-refractivity contribution in [1.29, 1.82) is 0 Å². The van der Waals surface area contributed by atoms with Gasteiger partial charge in [-0.3, -0.25) is 0 Å². The maximum Gasteiger partial charge on any atom is 0.491 e. The van der Waals surface area contributed by atoms with E-state index in [9.17, 15) is 14.2 Å². The lowest BCUT2D eigenvalue weighted by atomic mass is 9.78. The minimum atomic E-state index is -1.16. The first-order valence-corrected chi connectivity index (χ1v) is 10.8. The highest BCUT2D eigenvalue weighted by molar-refractivity contribution is 6.76. The monoisotopic (exact) mass is 310 g/mol. The Labute approximate surface area is 125 Å². The molecule has 7 heteroatoms. The smallest absolute Gasteiger partial charge is 0.462 e. The molecule has 4 nitrogen and oxygen atoms in total. The maximum absolute atomic E-state index is 13.9. The van der Waals surface area contributed by atoms with E-state index in [1.807, 2.05) is 0 Å². The van der Waals surface area contributed by atoms with Gasteiger partial charge in [0, 0.05) is 8.07 Å². The van der Waals surface area contributed by atoms with Gasteiger partial charge in [0.15, 0.2) is 0 Å². The van der Waals surface area contributed by atoms with Crippen LogP contribution in [0.25, 0.3) is 0 Å². The largest absolute Gasteiger partial charge is 0.491 e. The molecule has 0 fully saturated rings. The van der Waals surface area contributed by atoms with Crippen LogP contribution in [0.4, 0.5) is 4.39 Å². The van der Waals surface area contributed by atoms with E-state index in [1.165, 1.54) is 12.1 Å². The molecule has 0 radical (unpaired) electrons. The fourth-order valence-corrected chi connectivity index (χ4v) is 3.45. The second kappa shape index (κ2) is 6.29. The summed E-state index contributed by atoms with van der Waals surface area (Å²) in [5.74, 6) is -1.33. The Morgan fingerprint density at radius 1 is 1.48 bits per heavy atom. The number of fused-ring (bicyclic) bond motifs is 1. The summed E-state index contributed by atoms with van der Waals surface area (Å²) in [6, 6.07) is 3.60. The molecule has 1 aromatic carbocycles. The molecule has 1 aromatic rings. The highest BCUT2D eigenvalue weighted by atomic mass is 28.3. The molecular weight excluding hydrogens is 290 g/mol. The Hall–Kier alpha value is -1.18. The van der Waals surface area contributed by atoms with Gasteiger partial charge >= 0.3 is 13.1 Å². The average Bonchev–Trinajstić information content (AvgIpc) is 2.73. The van der Waals surface area contributed by atoms with Gasteiger partial charge in [0.25, 0.3) is 0 Å². The predicted molar refractivity (Wildman–Crippen MR) is 81.8 cm³/mol. The van der Waals surface area contributed by atoms with Crippen molar-refractivity contribution in [3.8, 4) is 0 Å². The van der Waals surface area contributed by atoms with Crippen molar-refractivity contribution >= 4 is 26.6 Å². The molecule has 0 aromatic heterocycles. The van der Waals surface area contributed by atoms with E-state index in [4.69, 9.17) is 9.39 Å². The van der Waals surface area contributed by atoms with Gasteiger partial charge < -0.3 is 14.4 Å². The Morgan fingerprint density at radius 2 is 2.19 bits per heavy atom. The lowest BCUT2D eigenvalue weighted by molar-refractivity contribution is 0.0499. The third kappa shape index (κ3) is 4.15. The van der Waals surface area contributed by atoms with Crippen LogP contribution in [-0.2, 0) is 16.0 Å². The van der Waals surface area contributed by atoms with Crippen LogP contribution in [0.2, 0.25) is 25.7 Å². The SMILES string of the molecule is C[Si](C)(C)CCCOC(=O)c1cc2c(cc1F)COB2O. The number of carbonyl (C=O) groups excluding carboxylic acids is 1. The van der Waals surface area contributed by atoms with Crippen LogP contribution < -0.4 is 5.46 Å². The van der Waals surface area contributed by atoms with Crippen LogP contribution >= 0.6 is 0 Å². The molecular formula is C14H20BFO4Si. The molecule has 0 saturated carbocycles. The Balaban J connectivity index is 1.98. The molecule has 1 heterocycles. The molecule has 0 aliphatic carbocycles. The number of benzene rings is 1. The second-order valence-electron chi connectivity index (χ2n) is 6.49. The molecule has 21 heavy (non-hydrogen) atoms. The highest BCUT2D eigenvalue weighted by Gasteiger charge is 2.30. The first-order valence-electron chi connectivity index (χ1n) is 7.07. The van der Waals surface area contributed by atoms with Gasteiger partial charge in [0.2, 0.25) is 0 Å². The minimum Gasteiger partial charge on any atom is -0.462 e.